The molecule has 1 unspecified atom stereocenters. The van der Waals surface area contributed by atoms with Crippen molar-refractivity contribution in [2.45, 2.75) is 38.3 Å². The van der Waals surface area contributed by atoms with Crippen LogP contribution in [-0.4, -0.2) is 60.9 Å². The van der Waals surface area contributed by atoms with Crippen LogP contribution in [0.4, 0.5) is 10.1 Å². The molecule has 2 aromatic carbocycles. The number of halogens is 1. The van der Waals surface area contributed by atoms with Gasteiger partial charge in [0.05, 0.1) is 11.8 Å². The van der Waals surface area contributed by atoms with Gasteiger partial charge in [0, 0.05) is 37.9 Å². The summed E-state index contributed by atoms with van der Waals surface area (Å²) in [6.07, 6.45) is 3.87. The average molecular weight is 467 g/mol. The van der Waals surface area contributed by atoms with Crippen LogP contribution in [0.3, 0.4) is 0 Å². The van der Waals surface area contributed by atoms with E-state index in [0.29, 0.717) is 44.3 Å². The molecule has 3 atom stereocenters. The molecule has 6 nitrogen and oxygen atoms in total. The van der Waals surface area contributed by atoms with Gasteiger partial charge in [-0.25, -0.2) is 4.39 Å². The highest BCUT2D eigenvalue weighted by Gasteiger charge is 2.35. The maximum Gasteiger partial charge on any atom is 0.228 e. The van der Waals surface area contributed by atoms with Crippen molar-refractivity contribution < 1.29 is 14.0 Å². The predicted octanol–water partition coefficient (Wildman–Crippen LogP) is 3.50. The normalized spacial score (nSPS) is 23.5. The lowest BCUT2D eigenvalue weighted by molar-refractivity contribution is -0.130. The molecule has 0 radical (unpaired) electrons. The third-order valence-electron chi connectivity index (χ3n) is 7.08. The molecule has 2 aromatic rings. The number of nitrogens with zero attached hydrogens (tertiary/aromatic N) is 2. The van der Waals surface area contributed by atoms with Crippen molar-refractivity contribution in [2.24, 2.45) is 11.8 Å². The van der Waals surface area contributed by atoms with Crippen molar-refractivity contribution in [1.29, 1.82) is 0 Å². The van der Waals surface area contributed by atoms with E-state index in [1.807, 2.05) is 18.2 Å². The molecule has 2 saturated heterocycles. The molecular weight excluding hydrogens is 431 g/mol. The van der Waals surface area contributed by atoms with Crippen LogP contribution in [0.5, 0.6) is 0 Å². The van der Waals surface area contributed by atoms with Crippen molar-refractivity contribution in [2.75, 3.05) is 38.5 Å². The van der Waals surface area contributed by atoms with Crippen LogP contribution in [0.1, 0.15) is 31.2 Å². The number of benzene rings is 2. The van der Waals surface area contributed by atoms with Crippen molar-refractivity contribution in [1.82, 2.24) is 15.1 Å². The number of carbonyl (C=O) groups is 2. The molecule has 4 rings (SSSR count). The molecule has 2 aliphatic heterocycles. The quantitative estimate of drug-likeness (QED) is 0.625. The number of anilines is 1. The molecular formula is C27H35FN4O2. The highest BCUT2D eigenvalue weighted by Crippen LogP contribution is 2.26. The van der Waals surface area contributed by atoms with E-state index in [9.17, 15) is 14.0 Å². The SMILES string of the molecule is CN1CCCC1CCNC(=O)[C@H]1C[C@@H](C(=O)Nc2ccc(F)cc2)CN(Cc2ccccc2)C1. The van der Waals surface area contributed by atoms with E-state index in [4.69, 9.17) is 0 Å². The number of likely N-dealkylation sites (tertiary alicyclic amines) is 2. The minimum Gasteiger partial charge on any atom is -0.356 e. The van der Waals surface area contributed by atoms with Crippen LogP contribution < -0.4 is 10.6 Å². The van der Waals surface area contributed by atoms with Crippen LogP contribution in [0.25, 0.3) is 0 Å². The summed E-state index contributed by atoms with van der Waals surface area (Å²) in [7, 11) is 2.15. The lowest BCUT2D eigenvalue weighted by Crippen LogP contribution is -2.49. The number of rotatable bonds is 8. The van der Waals surface area contributed by atoms with E-state index < -0.39 is 0 Å². The van der Waals surface area contributed by atoms with Gasteiger partial charge in [-0.05, 0) is 69.1 Å². The smallest absolute Gasteiger partial charge is 0.228 e. The van der Waals surface area contributed by atoms with E-state index in [0.717, 1.165) is 18.5 Å². The van der Waals surface area contributed by atoms with Gasteiger partial charge in [-0.15, -0.1) is 0 Å². The average Bonchev–Trinajstić information content (AvgIpc) is 3.25. The summed E-state index contributed by atoms with van der Waals surface area (Å²) in [5.41, 5.74) is 1.72. The zero-order valence-corrected chi connectivity index (χ0v) is 19.9. The van der Waals surface area contributed by atoms with Crippen LogP contribution in [0.2, 0.25) is 0 Å². The fourth-order valence-corrected chi connectivity index (χ4v) is 5.17. The summed E-state index contributed by atoms with van der Waals surface area (Å²) < 4.78 is 13.2. The Labute approximate surface area is 201 Å². The van der Waals surface area contributed by atoms with Crippen LogP contribution >= 0.6 is 0 Å². The van der Waals surface area contributed by atoms with Gasteiger partial charge in [0.25, 0.3) is 0 Å². The molecule has 0 bridgehead atoms. The molecule has 2 amide bonds. The molecule has 0 aliphatic carbocycles. The molecule has 2 aliphatic rings. The topological polar surface area (TPSA) is 64.7 Å². The number of hydrogen-bond acceptors (Lipinski definition) is 4. The van der Waals surface area contributed by atoms with E-state index >= 15 is 0 Å². The number of nitrogens with one attached hydrogen (secondary N) is 2. The monoisotopic (exact) mass is 466 g/mol. The van der Waals surface area contributed by atoms with Gasteiger partial charge >= 0.3 is 0 Å². The number of carbonyl (C=O) groups excluding carboxylic acids is 2. The van der Waals surface area contributed by atoms with Gasteiger partial charge in [-0.2, -0.15) is 0 Å². The second-order valence-electron chi connectivity index (χ2n) is 9.66. The zero-order valence-electron chi connectivity index (χ0n) is 19.9. The minimum atomic E-state index is -0.342. The summed E-state index contributed by atoms with van der Waals surface area (Å²) in [5, 5.41) is 6.03. The third kappa shape index (κ3) is 6.64. The summed E-state index contributed by atoms with van der Waals surface area (Å²) >= 11 is 0. The Balaban J connectivity index is 1.39. The Kier molecular flexibility index (Phi) is 8.29. The van der Waals surface area contributed by atoms with E-state index in [-0.39, 0.29) is 29.5 Å². The highest BCUT2D eigenvalue weighted by molar-refractivity contribution is 5.93. The predicted molar refractivity (Wildman–Crippen MR) is 132 cm³/mol. The number of amides is 2. The fraction of sp³-hybridized carbons (Fsp3) is 0.481. The van der Waals surface area contributed by atoms with Crippen LogP contribution in [-0.2, 0) is 16.1 Å². The molecule has 0 spiro atoms. The van der Waals surface area contributed by atoms with E-state index in [1.54, 1.807) is 12.1 Å². The fourth-order valence-electron chi connectivity index (χ4n) is 5.17. The van der Waals surface area contributed by atoms with Crippen molar-refractivity contribution >= 4 is 17.5 Å². The van der Waals surface area contributed by atoms with Gasteiger partial charge in [-0.1, -0.05) is 30.3 Å². The van der Waals surface area contributed by atoms with Gasteiger partial charge in [0.1, 0.15) is 5.82 Å². The first-order chi connectivity index (χ1) is 16.5. The van der Waals surface area contributed by atoms with Crippen LogP contribution in [0, 0.1) is 17.7 Å². The molecule has 7 heteroatoms. The summed E-state index contributed by atoms with van der Waals surface area (Å²) in [6.45, 7) is 3.69. The standard InChI is InChI=1S/C27H35FN4O2/c1-31-15-5-8-25(31)13-14-29-26(33)21-16-22(27(34)30-24-11-9-23(28)10-12-24)19-32(18-21)17-20-6-3-2-4-7-20/h2-4,6-7,9-12,21-22,25H,5,8,13-19H2,1H3,(H,29,33)(H,30,34)/t21-,22+,25?/m0/s1. The number of hydrogen-bond donors (Lipinski definition) is 2. The molecule has 2 heterocycles. The van der Waals surface area contributed by atoms with Gasteiger partial charge in [0.2, 0.25) is 11.8 Å². The molecule has 34 heavy (non-hydrogen) atoms. The van der Waals surface area contributed by atoms with E-state index in [2.05, 4.69) is 39.6 Å². The Bertz CT molecular complexity index is 953. The summed E-state index contributed by atoms with van der Waals surface area (Å²) in [6, 6.07) is 16.4. The van der Waals surface area contributed by atoms with Gasteiger partial charge in [0.15, 0.2) is 0 Å². The van der Waals surface area contributed by atoms with Crippen molar-refractivity contribution in [3.8, 4) is 0 Å². The Morgan fingerprint density at radius 2 is 1.71 bits per heavy atom. The maximum atomic E-state index is 13.2. The second kappa shape index (κ2) is 11.6. The first-order valence-electron chi connectivity index (χ1n) is 12.3. The van der Waals surface area contributed by atoms with E-state index in [1.165, 1.54) is 25.0 Å². The molecule has 182 valence electrons. The largest absolute Gasteiger partial charge is 0.356 e. The second-order valence-corrected chi connectivity index (χ2v) is 9.66. The molecule has 2 N–H and O–H groups in total. The van der Waals surface area contributed by atoms with Crippen molar-refractivity contribution in [3.05, 3.63) is 66.0 Å². The van der Waals surface area contributed by atoms with Gasteiger partial charge < -0.3 is 15.5 Å². The Morgan fingerprint density at radius 3 is 2.38 bits per heavy atom. The Morgan fingerprint density at radius 1 is 1.00 bits per heavy atom. The Hall–Kier alpha value is -2.77. The number of piperidine rings is 1. The minimum absolute atomic E-state index is 0.0259. The summed E-state index contributed by atoms with van der Waals surface area (Å²) in [4.78, 5) is 30.7. The van der Waals surface area contributed by atoms with Crippen molar-refractivity contribution in [3.63, 3.8) is 0 Å². The first-order valence-corrected chi connectivity index (χ1v) is 12.3. The first kappa shape index (κ1) is 24.4. The maximum absolute atomic E-state index is 13.2. The molecule has 0 saturated carbocycles. The zero-order chi connectivity index (χ0) is 23.9. The van der Waals surface area contributed by atoms with Crippen LogP contribution in [0.15, 0.2) is 54.6 Å². The molecule has 0 aromatic heterocycles. The third-order valence-corrected chi connectivity index (χ3v) is 7.08. The lowest BCUT2D eigenvalue weighted by atomic mass is 9.87. The molecule has 2 fully saturated rings. The van der Waals surface area contributed by atoms with Gasteiger partial charge in [-0.3, -0.25) is 14.5 Å². The highest BCUT2D eigenvalue weighted by atomic mass is 19.1. The summed E-state index contributed by atoms with van der Waals surface area (Å²) in [5.74, 6) is -1.01. The lowest BCUT2D eigenvalue weighted by Gasteiger charge is -2.36.